The topological polar surface area (TPSA) is 12.0 Å². The second-order valence-corrected chi connectivity index (χ2v) is 7.59. The molecular weight excluding hydrogens is 322 g/mol. The van der Waals surface area contributed by atoms with Crippen LogP contribution in [0.2, 0.25) is 5.02 Å². The van der Waals surface area contributed by atoms with E-state index in [0.717, 1.165) is 28.9 Å². The molecule has 0 bridgehead atoms. The number of hydrogen-bond donors (Lipinski definition) is 1. The lowest BCUT2D eigenvalue weighted by Crippen LogP contribution is -2.24. The summed E-state index contributed by atoms with van der Waals surface area (Å²) >= 11 is 9.90. The van der Waals surface area contributed by atoms with Gasteiger partial charge in [-0.1, -0.05) is 55.2 Å². The third-order valence-corrected chi connectivity index (χ3v) is 3.99. The van der Waals surface area contributed by atoms with E-state index in [2.05, 4.69) is 55.0 Å². The van der Waals surface area contributed by atoms with Gasteiger partial charge < -0.3 is 5.32 Å². The highest BCUT2D eigenvalue weighted by Crippen LogP contribution is 2.32. The Bertz CT molecular complexity index is 398. The molecule has 0 amide bonds. The van der Waals surface area contributed by atoms with Crippen LogP contribution in [0.15, 0.2) is 22.7 Å². The predicted octanol–water partition coefficient (Wildman–Crippen LogP) is 5.97. The van der Waals surface area contributed by atoms with Gasteiger partial charge in [-0.15, -0.1) is 0 Å². The van der Waals surface area contributed by atoms with Crippen LogP contribution in [0.3, 0.4) is 0 Å². The van der Waals surface area contributed by atoms with E-state index >= 15 is 0 Å². The molecule has 1 rings (SSSR count). The maximum atomic E-state index is 6.36. The summed E-state index contributed by atoms with van der Waals surface area (Å²) in [4.78, 5) is 0. The normalized spacial score (nSPS) is 13.6. The lowest BCUT2D eigenvalue weighted by atomic mass is 9.87. The fourth-order valence-electron chi connectivity index (χ4n) is 2.05. The van der Waals surface area contributed by atoms with Crippen LogP contribution in [0.5, 0.6) is 0 Å². The highest BCUT2D eigenvalue weighted by atomic mass is 79.9. The summed E-state index contributed by atoms with van der Waals surface area (Å²) in [6, 6.07) is 6.44. The second kappa shape index (κ2) is 7.66. The molecule has 1 unspecified atom stereocenters. The van der Waals surface area contributed by atoms with E-state index in [1.807, 2.05) is 12.1 Å². The van der Waals surface area contributed by atoms with Gasteiger partial charge in [-0.3, -0.25) is 0 Å². The fourth-order valence-corrected chi connectivity index (χ4v) is 2.67. The zero-order valence-electron chi connectivity index (χ0n) is 12.4. The monoisotopic (exact) mass is 345 g/mol. The maximum absolute atomic E-state index is 6.36. The van der Waals surface area contributed by atoms with Gasteiger partial charge in [0, 0.05) is 15.5 Å². The molecule has 0 aliphatic carbocycles. The van der Waals surface area contributed by atoms with Crippen LogP contribution in [0.25, 0.3) is 0 Å². The first-order valence-electron chi connectivity index (χ1n) is 7.02. The van der Waals surface area contributed by atoms with Crippen molar-refractivity contribution < 1.29 is 0 Å². The summed E-state index contributed by atoms with van der Waals surface area (Å²) in [5.41, 5.74) is 1.55. The summed E-state index contributed by atoms with van der Waals surface area (Å²) in [5, 5.41) is 4.47. The van der Waals surface area contributed by atoms with E-state index in [9.17, 15) is 0 Å². The summed E-state index contributed by atoms with van der Waals surface area (Å²) in [6.07, 6.45) is 3.43. The van der Waals surface area contributed by atoms with Crippen molar-refractivity contribution in [2.24, 2.45) is 5.41 Å². The van der Waals surface area contributed by atoms with Crippen molar-refractivity contribution in [3.05, 3.63) is 33.3 Å². The van der Waals surface area contributed by atoms with Crippen LogP contribution in [-0.2, 0) is 0 Å². The number of halogens is 2. The Morgan fingerprint density at radius 1 is 1.32 bits per heavy atom. The molecule has 1 nitrogen and oxygen atoms in total. The van der Waals surface area contributed by atoms with Gasteiger partial charge in [0.2, 0.25) is 0 Å². The van der Waals surface area contributed by atoms with Crippen LogP contribution < -0.4 is 5.32 Å². The van der Waals surface area contributed by atoms with Gasteiger partial charge in [0.05, 0.1) is 0 Å². The summed E-state index contributed by atoms with van der Waals surface area (Å²) in [5.74, 6) is 0. The van der Waals surface area contributed by atoms with Gasteiger partial charge in [0.1, 0.15) is 0 Å². The molecule has 1 aromatic carbocycles. The van der Waals surface area contributed by atoms with Crippen molar-refractivity contribution in [2.45, 2.75) is 53.0 Å². The van der Waals surface area contributed by atoms with Crippen molar-refractivity contribution in [3.8, 4) is 0 Å². The minimum Gasteiger partial charge on any atom is -0.310 e. The molecule has 1 N–H and O–H groups in total. The summed E-state index contributed by atoms with van der Waals surface area (Å²) in [7, 11) is 0. The maximum Gasteiger partial charge on any atom is 0.0454 e. The molecule has 0 radical (unpaired) electrons. The highest BCUT2D eigenvalue weighted by molar-refractivity contribution is 9.10. The molecule has 1 atom stereocenters. The number of rotatable bonds is 6. The first kappa shape index (κ1) is 17.0. The number of benzene rings is 1. The van der Waals surface area contributed by atoms with Crippen molar-refractivity contribution in [3.63, 3.8) is 0 Å². The molecule has 0 heterocycles. The molecule has 0 aliphatic rings. The first-order valence-corrected chi connectivity index (χ1v) is 8.19. The molecule has 0 saturated heterocycles. The Kier molecular flexibility index (Phi) is 6.85. The Morgan fingerprint density at radius 3 is 2.58 bits per heavy atom. The van der Waals surface area contributed by atoms with Gasteiger partial charge in [-0.05, 0) is 55.0 Å². The number of nitrogens with one attached hydrogen (secondary N) is 1. The van der Waals surface area contributed by atoms with E-state index < -0.39 is 0 Å². The van der Waals surface area contributed by atoms with E-state index in [1.54, 1.807) is 0 Å². The van der Waals surface area contributed by atoms with Gasteiger partial charge >= 0.3 is 0 Å². The lowest BCUT2D eigenvalue weighted by Gasteiger charge is -2.25. The zero-order chi connectivity index (χ0) is 14.5. The van der Waals surface area contributed by atoms with E-state index in [-0.39, 0.29) is 0 Å². The van der Waals surface area contributed by atoms with Gasteiger partial charge in [0.25, 0.3) is 0 Å². The SMILES string of the molecule is CCCNC(CCC(C)(C)C)c1cc(Br)ccc1Cl. The van der Waals surface area contributed by atoms with Crippen LogP contribution >= 0.6 is 27.5 Å². The highest BCUT2D eigenvalue weighted by Gasteiger charge is 2.18. The van der Waals surface area contributed by atoms with Crippen LogP contribution in [0.1, 0.15) is 58.6 Å². The average molecular weight is 347 g/mol. The zero-order valence-corrected chi connectivity index (χ0v) is 14.7. The standard InChI is InChI=1S/C16H25BrClN/c1-5-10-19-15(8-9-16(2,3)4)13-11-12(17)6-7-14(13)18/h6-7,11,15,19H,5,8-10H2,1-4H3. The van der Waals surface area contributed by atoms with Crippen LogP contribution in [0, 0.1) is 5.41 Å². The van der Waals surface area contributed by atoms with E-state index in [0.29, 0.717) is 11.5 Å². The molecule has 3 heteroatoms. The molecule has 1 aromatic rings. The van der Waals surface area contributed by atoms with Crippen LogP contribution in [0.4, 0.5) is 0 Å². The third-order valence-electron chi connectivity index (χ3n) is 3.16. The van der Waals surface area contributed by atoms with Crippen molar-refractivity contribution in [1.29, 1.82) is 0 Å². The Labute approximate surface area is 131 Å². The number of hydrogen-bond acceptors (Lipinski definition) is 1. The van der Waals surface area contributed by atoms with Crippen molar-refractivity contribution >= 4 is 27.5 Å². The van der Waals surface area contributed by atoms with Crippen LogP contribution in [-0.4, -0.2) is 6.54 Å². The Balaban J connectivity index is 2.85. The Hall–Kier alpha value is -0.0500. The van der Waals surface area contributed by atoms with Crippen molar-refractivity contribution in [2.75, 3.05) is 6.54 Å². The molecule has 0 spiro atoms. The Morgan fingerprint density at radius 2 is 2.00 bits per heavy atom. The van der Waals surface area contributed by atoms with Gasteiger partial charge in [-0.25, -0.2) is 0 Å². The molecule has 0 aliphatic heterocycles. The quantitative estimate of drug-likeness (QED) is 0.669. The third kappa shape index (κ3) is 6.29. The smallest absolute Gasteiger partial charge is 0.0454 e. The molecule has 0 aromatic heterocycles. The first-order chi connectivity index (χ1) is 8.83. The summed E-state index contributed by atoms with van der Waals surface area (Å²) < 4.78 is 1.09. The minimum absolute atomic E-state index is 0.337. The molecular formula is C16H25BrClN. The lowest BCUT2D eigenvalue weighted by molar-refractivity contribution is 0.332. The van der Waals surface area contributed by atoms with Gasteiger partial charge in [0.15, 0.2) is 0 Å². The molecule has 0 saturated carbocycles. The molecule has 0 fully saturated rings. The average Bonchev–Trinajstić information content (AvgIpc) is 2.32. The van der Waals surface area contributed by atoms with E-state index in [4.69, 9.17) is 11.6 Å². The van der Waals surface area contributed by atoms with Gasteiger partial charge in [-0.2, -0.15) is 0 Å². The molecule has 19 heavy (non-hydrogen) atoms. The van der Waals surface area contributed by atoms with E-state index in [1.165, 1.54) is 12.0 Å². The fraction of sp³-hybridized carbons (Fsp3) is 0.625. The van der Waals surface area contributed by atoms with Crippen molar-refractivity contribution in [1.82, 2.24) is 5.32 Å². The predicted molar refractivity (Wildman–Crippen MR) is 88.9 cm³/mol. The minimum atomic E-state index is 0.337. The second-order valence-electron chi connectivity index (χ2n) is 6.27. The molecule has 108 valence electrons. The summed E-state index contributed by atoms with van der Waals surface area (Å²) in [6.45, 7) is 10.1. The largest absolute Gasteiger partial charge is 0.310 e.